The predicted octanol–water partition coefficient (Wildman–Crippen LogP) is 3.86. The second-order valence-electron chi connectivity index (χ2n) is 6.00. The van der Waals surface area contributed by atoms with Crippen LogP contribution in [0.4, 0.5) is 0 Å². The van der Waals surface area contributed by atoms with Gasteiger partial charge in [-0.25, -0.2) is 0 Å². The van der Waals surface area contributed by atoms with E-state index in [-0.39, 0.29) is 11.8 Å². The maximum Gasteiger partial charge on any atom is 0.125 e. The first-order valence-corrected chi connectivity index (χ1v) is 8.77. The number of aryl methyl sites for hydroxylation is 2. The molecule has 2 rings (SSSR count). The van der Waals surface area contributed by atoms with E-state index < -0.39 is 6.10 Å². The number of benzene rings is 2. The number of hydrogen-bond donors (Lipinski definition) is 3. The fourth-order valence-corrected chi connectivity index (χ4v) is 3.32. The molecule has 0 radical (unpaired) electrons. The van der Waals surface area contributed by atoms with E-state index in [1.54, 1.807) is 24.3 Å². The topological polar surface area (TPSA) is 61.7 Å². The Morgan fingerprint density at radius 1 is 1.12 bits per heavy atom. The molecule has 0 fully saturated rings. The van der Waals surface area contributed by atoms with E-state index in [1.165, 1.54) is 0 Å². The number of phenols is 1. The molecule has 2 atom stereocenters. The van der Waals surface area contributed by atoms with Gasteiger partial charge >= 0.3 is 0 Å². The van der Waals surface area contributed by atoms with Crippen LogP contribution in [0.2, 0.25) is 0 Å². The zero-order valence-electron chi connectivity index (χ0n) is 14.2. The summed E-state index contributed by atoms with van der Waals surface area (Å²) in [5.41, 5.74) is 2.96. The van der Waals surface area contributed by atoms with E-state index in [2.05, 4.69) is 21.2 Å². The number of aliphatic hydroxyl groups is 1. The summed E-state index contributed by atoms with van der Waals surface area (Å²) in [4.78, 5) is 0. The number of rotatable bonds is 7. The lowest BCUT2D eigenvalue weighted by molar-refractivity contribution is 0.133. The lowest BCUT2D eigenvalue weighted by Gasteiger charge is -2.21. The number of halogens is 1. The van der Waals surface area contributed by atoms with E-state index >= 15 is 0 Å². The fourth-order valence-electron chi connectivity index (χ4n) is 2.64. The number of ether oxygens (including phenoxy) is 1. The second-order valence-corrected chi connectivity index (χ2v) is 6.91. The van der Waals surface area contributed by atoms with Gasteiger partial charge in [-0.15, -0.1) is 0 Å². The lowest BCUT2D eigenvalue weighted by Crippen LogP contribution is -2.35. The highest BCUT2D eigenvalue weighted by Crippen LogP contribution is 2.27. The second kappa shape index (κ2) is 8.51. The van der Waals surface area contributed by atoms with Gasteiger partial charge in [0.05, 0.1) is 6.10 Å². The van der Waals surface area contributed by atoms with Crippen molar-refractivity contribution in [3.8, 4) is 11.5 Å². The van der Waals surface area contributed by atoms with E-state index in [4.69, 9.17) is 4.74 Å². The summed E-state index contributed by atoms with van der Waals surface area (Å²) < 4.78 is 6.93. The molecule has 0 saturated heterocycles. The van der Waals surface area contributed by atoms with Gasteiger partial charge in [-0.2, -0.15) is 0 Å². The largest absolute Gasteiger partial charge is 0.508 e. The summed E-state index contributed by atoms with van der Waals surface area (Å²) in [6.07, 6.45) is -0.637. The Hall–Kier alpha value is -1.56. The SMILES string of the molecule is Cc1cc(Br)cc(C)c1OCCNC(C)[C@H](O)c1ccc(O)cc1. The molecule has 0 spiro atoms. The third kappa shape index (κ3) is 4.97. The van der Waals surface area contributed by atoms with Crippen molar-refractivity contribution in [2.24, 2.45) is 0 Å². The van der Waals surface area contributed by atoms with Crippen LogP contribution in [-0.2, 0) is 0 Å². The smallest absolute Gasteiger partial charge is 0.125 e. The van der Waals surface area contributed by atoms with Gasteiger partial charge in [-0.05, 0) is 61.7 Å². The van der Waals surface area contributed by atoms with Crippen molar-refractivity contribution in [2.45, 2.75) is 32.9 Å². The molecule has 0 aliphatic carbocycles. The minimum Gasteiger partial charge on any atom is -0.508 e. The Bertz CT molecular complexity index is 650. The molecule has 0 amide bonds. The van der Waals surface area contributed by atoms with Crippen LogP contribution in [0, 0.1) is 13.8 Å². The number of hydrogen-bond acceptors (Lipinski definition) is 4. The monoisotopic (exact) mass is 393 g/mol. The molecule has 3 N–H and O–H groups in total. The predicted molar refractivity (Wildman–Crippen MR) is 99.6 cm³/mol. The molecule has 5 heteroatoms. The Morgan fingerprint density at radius 2 is 1.71 bits per heavy atom. The maximum atomic E-state index is 10.3. The summed E-state index contributed by atoms with van der Waals surface area (Å²) >= 11 is 3.48. The van der Waals surface area contributed by atoms with E-state index in [0.717, 1.165) is 26.9 Å². The van der Waals surface area contributed by atoms with Gasteiger partial charge in [-0.1, -0.05) is 28.1 Å². The molecular formula is C19H24BrNO3. The van der Waals surface area contributed by atoms with Crippen LogP contribution >= 0.6 is 15.9 Å². The summed E-state index contributed by atoms with van der Waals surface area (Å²) in [7, 11) is 0. The van der Waals surface area contributed by atoms with E-state index in [1.807, 2.05) is 32.9 Å². The van der Waals surface area contributed by atoms with Crippen molar-refractivity contribution in [1.82, 2.24) is 5.32 Å². The molecule has 2 aromatic rings. The van der Waals surface area contributed by atoms with E-state index in [0.29, 0.717) is 13.2 Å². The van der Waals surface area contributed by atoms with Gasteiger partial charge in [0.15, 0.2) is 0 Å². The van der Waals surface area contributed by atoms with Crippen LogP contribution in [0.25, 0.3) is 0 Å². The minimum atomic E-state index is -0.637. The van der Waals surface area contributed by atoms with Crippen molar-refractivity contribution in [2.75, 3.05) is 13.2 Å². The van der Waals surface area contributed by atoms with Crippen LogP contribution in [0.5, 0.6) is 11.5 Å². The number of phenolic OH excluding ortho intramolecular Hbond substituents is 1. The molecule has 0 aromatic heterocycles. The van der Waals surface area contributed by atoms with Crippen LogP contribution in [0.3, 0.4) is 0 Å². The molecule has 2 aromatic carbocycles. The first kappa shape index (κ1) is 18.8. The van der Waals surface area contributed by atoms with Crippen LogP contribution in [0.15, 0.2) is 40.9 Å². The van der Waals surface area contributed by atoms with Crippen LogP contribution in [0.1, 0.15) is 29.7 Å². The van der Waals surface area contributed by atoms with Crippen molar-refractivity contribution in [1.29, 1.82) is 0 Å². The molecule has 0 bridgehead atoms. The summed E-state index contributed by atoms with van der Waals surface area (Å²) in [5.74, 6) is 1.10. The fraction of sp³-hybridized carbons (Fsp3) is 0.368. The minimum absolute atomic E-state index is 0.120. The van der Waals surface area contributed by atoms with Gasteiger partial charge < -0.3 is 20.3 Å². The normalized spacial score (nSPS) is 13.5. The van der Waals surface area contributed by atoms with Crippen LogP contribution < -0.4 is 10.1 Å². The van der Waals surface area contributed by atoms with Gasteiger partial charge in [0, 0.05) is 17.1 Å². The molecule has 0 aliphatic rings. The quantitative estimate of drug-likeness (QED) is 0.624. The average Bonchev–Trinajstić information content (AvgIpc) is 2.53. The zero-order chi connectivity index (χ0) is 17.7. The van der Waals surface area contributed by atoms with Crippen LogP contribution in [-0.4, -0.2) is 29.4 Å². The highest BCUT2D eigenvalue weighted by atomic mass is 79.9. The molecule has 130 valence electrons. The number of aliphatic hydroxyl groups excluding tert-OH is 1. The highest BCUT2D eigenvalue weighted by Gasteiger charge is 2.15. The van der Waals surface area contributed by atoms with Gasteiger partial charge in [-0.3, -0.25) is 0 Å². The van der Waals surface area contributed by atoms with Crippen molar-refractivity contribution < 1.29 is 14.9 Å². The standard InChI is InChI=1S/C19H24BrNO3/c1-12-10-16(20)11-13(2)19(12)24-9-8-21-14(3)18(23)15-4-6-17(22)7-5-15/h4-7,10-11,14,18,21-23H,8-9H2,1-3H3/t14?,18-/m0/s1. The molecule has 4 nitrogen and oxygen atoms in total. The van der Waals surface area contributed by atoms with Gasteiger partial charge in [0.2, 0.25) is 0 Å². The molecule has 0 saturated carbocycles. The number of aromatic hydroxyl groups is 1. The Kier molecular flexibility index (Phi) is 6.66. The summed E-state index contributed by atoms with van der Waals surface area (Å²) in [5, 5.41) is 22.9. The third-order valence-corrected chi connectivity index (χ3v) is 4.41. The van der Waals surface area contributed by atoms with Crippen molar-refractivity contribution >= 4 is 15.9 Å². The first-order chi connectivity index (χ1) is 11.4. The first-order valence-electron chi connectivity index (χ1n) is 7.98. The van der Waals surface area contributed by atoms with Gasteiger partial charge in [0.1, 0.15) is 18.1 Å². The highest BCUT2D eigenvalue weighted by molar-refractivity contribution is 9.10. The van der Waals surface area contributed by atoms with Crippen molar-refractivity contribution in [3.05, 3.63) is 57.6 Å². The Morgan fingerprint density at radius 3 is 2.29 bits per heavy atom. The summed E-state index contributed by atoms with van der Waals surface area (Å²) in [6, 6.07) is 10.6. The van der Waals surface area contributed by atoms with Gasteiger partial charge in [0.25, 0.3) is 0 Å². The van der Waals surface area contributed by atoms with E-state index in [9.17, 15) is 10.2 Å². The molecule has 0 heterocycles. The maximum absolute atomic E-state index is 10.3. The summed E-state index contributed by atoms with van der Waals surface area (Å²) in [6.45, 7) is 7.13. The number of nitrogens with one attached hydrogen (secondary N) is 1. The molecule has 24 heavy (non-hydrogen) atoms. The molecule has 0 aliphatic heterocycles. The Balaban J connectivity index is 1.82. The molecule has 1 unspecified atom stereocenters. The molecular weight excluding hydrogens is 370 g/mol. The Labute approximate surface area is 151 Å². The third-order valence-electron chi connectivity index (χ3n) is 3.95. The lowest BCUT2D eigenvalue weighted by atomic mass is 10.0. The zero-order valence-corrected chi connectivity index (χ0v) is 15.8. The average molecular weight is 394 g/mol. The van der Waals surface area contributed by atoms with Crippen molar-refractivity contribution in [3.63, 3.8) is 0 Å².